The summed E-state index contributed by atoms with van der Waals surface area (Å²) in [5, 5.41) is 19.6. The predicted octanol–water partition coefficient (Wildman–Crippen LogP) is 3.40. The van der Waals surface area contributed by atoms with Crippen molar-refractivity contribution in [1.29, 1.82) is 5.26 Å². The van der Waals surface area contributed by atoms with Gasteiger partial charge in [0.1, 0.15) is 0 Å². The molecule has 1 N–H and O–H groups in total. The van der Waals surface area contributed by atoms with Gasteiger partial charge in [0.05, 0.1) is 17.6 Å². The topological polar surface area (TPSA) is 44.0 Å². The van der Waals surface area contributed by atoms with E-state index in [1.54, 1.807) is 0 Å². The van der Waals surface area contributed by atoms with Crippen LogP contribution in [0.2, 0.25) is 0 Å². The van der Waals surface area contributed by atoms with Crippen LogP contribution in [0.4, 0.5) is 0 Å². The largest absolute Gasteiger partial charge is 0.391 e. The van der Waals surface area contributed by atoms with E-state index in [0.29, 0.717) is 5.92 Å². The van der Waals surface area contributed by atoms with Crippen LogP contribution >= 0.6 is 0 Å². The minimum Gasteiger partial charge on any atom is -0.391 e. The zero-order chi connectivity index (χ0) is 11.4. The Morgan fingerprint density at radius 3 is 2.31 bits per heavy atom. The maximum Gasteiger partial charge on any atom is 0.0832 e. The second-order valence-electron chi connectivity index (χ2n) is 5.73. The van der Waals surface area contributed by atoms with E-state index < -0.39 is 5.41 Å². The normalized spacial score (nSPS) is 27.5. The summed E-state index contributed by atoms with van der Waals surface area (Å²) < 4.78 is 0. The molecule has 0 amide bonds. The van der Waals surface area contributed by atoms with E-state index in [-0.39, 0.29) is 6.10 Å². The van der Waals surface area contributed by atoms with E-state index >= 15 is 0 Å². The summed E-state index contributed by atoms with van der Waals surface area (Å²) in [6, 6.07) is 2.42. The monoisotopic (exact) mass is 221 g/mol. The number of aliphatic hydroxyl groups is 1. The molecule has 0 bridgehead atoms. The predicted molar refractivity (Wildman–Crippen MR) is 63.7 cm³/mol. The first kappa shape index (κ1) is 11.9. The van der Waals surface area contributed by atoms with Gasteiger partial charge in [-0.1, -0.05) is 44.9 Å². The minimum absolute atomic E-state index is 0.372. The Balaban J connectivity index is 1.90. The fourth-order valence-electron chi connectivity index (χ4n) is 3.49. The van der Waals surface area contributed by atoms with E-state index in [9.17, 15) is 10.4 Å². The number of rotatable bonds is 3. The molecule has 16 heavy (non-hydrogen) atoms. The van der Waals surface area contributed by atoms with Crippen molar-refractivity contribution in [3.05, 3.63) is 0 Å². The molecule has 2 aliphatic carbocycles. The smallest absolute Gasteiger partial charge is 0.0832 e. The molecule has 0 spiro atoms. The number of hydrogen-bond donors (Lipinski definition) is 1. The van der Waals surface area contributed by atoms with Gasteiger partial charge in [0.25, 0.3) is 0 Å². The molecule has 2 nitrogen and oxygen atoms in total. The summed E-state index contributed by atoms with van der Waals surface area (Å²) >= 11 is 0. The highest BCUT2D eigenvalue weighted by Crippen LogP contribution is 2.43. The third-order valence-electron chi connectivity index (χ3n) is 4.64. The van der Waals surface area contributed by atoms with Crippen LogP contribution < -0.4 is 0 Å². The standard InChI is InChI=1S/C14H23NO/c15-11-14(8-4-5-9-14)13(16)10-12-6-2-1-3-7-12/h12-13,16H,1-10H2. The van der Waals surface area contributed by atoms with Gasteiger partial charge in [-0.3, -0.25) is 0 Å². The molecule has 1 atom stereocenters. The first-order valence-corrected chi connectivity index (χ1v) is 6.86. The van der Waals surface area contributed by atoms with E-state index in [1.165, 1.54) is 32.1 Å². The average Bonchev–Trinajstić information content (AvgIpc) is 2.80. The van der Waals surface area contributed by atoms with Crippen LogP contribution in [0.1, 0.15) is 64.2 Å². The van der Waals surface area contributed by atoms with Crippen LogP contribution in [0, 0.1) is 22.7 Å². The van der Waals surface area contributed by atoms with Gasteiger partial charge in [-0.05, 0) is 25.2 Å². The van der Waals surface area contributed by atoms with Crippen LogP contribution in [0.5, 0.6) is 0 Å². The Bertz CT molecular complexity index is 256. The molecule has 2 fully saturated rings. The van der Waals surface area contributed by atoms with Gasteiger partial charge in [0, 0.05) is 0 Å². The average molecular weight is 221 g/mol. The van der Waals surface area contributed by atoms with Crippen LogP contribution in [-0.4, -0.2) is 11.2 Å². The third-order valence-corrected chi connectivity index (χ3v) is 4.64. The van der Waals surface area contributed by atoms with Crippen molar-refractivity contribution in [3.63, 3.8) is 0 Å². The van der Waals surface area contributed by atoms with Crippen LogP contribution in [0.25, 0.3) is 0 Å². The second-order valence-corrected chi connectivity index (χ2v) is 5.73. The van der Waals surface area contributed by atoms with Gasteiger partial charge in [0.15, 0.2) is 0 Å². The highest BCUT2D eigenvalue weighted by molar-refractivity contribution is 5.06. The van der Waals surface area contributed by atoms with Crippen molar-refractivity contribution in [2.75, 3.05) is 0 Å². The van der Waals surface area contributed by atoms with Crippen molar-refractivity contribution in [1.82, 2.24) is 0 Å². The van der Waals surface area contributed by atoms with Crippen LogP contribution in [-0.2, 0) is 0 Å². The summed E-state index contributed by atoms with van der Waals surface area (Å²) in [4.78, 5) is 0. The quantitative estimate of drug-likeness (QED) is 0.793. The first-order chi connectivity index (χ1) is 7.77. The Morgan fingerprint density at radius 2 is 1.75 bits per heavy atom. The van der Waals surface area contributed by atoms with Crippen molar-refractivity contribution in [3.8, 4) is 6.07 Å². The maximum absolute atomic E-state index is 10.3. The maximum atomic E-state index is 10.3. The summed E-state index contributed by atoms with van der Waals surface area (Å²) in [5.41, 5.74) is -0.391. The summed E-state index contributed by atoms with van der Waals surface area (Å²) in [6.07, 6.45) is 11.1. The molecule has 2 saturated carbocycles. The van der Waals surface area contributed by atoms with Crippen LogP contribution in [0.3, 0.4) is 0 Å². The van der Waals surface area contributed by atoms with Gasteiger partial charge >= 0.3 is 0 Å². The third kappa shape index (κ3) is 2.40. The van der Waals surface area contributed by atoms with Gasteiger partial charge in [-0.15, -0.1) is 0 Å². The van der Waals surface area contributed by atoms with Gasteiger partial charge in [-0.2, -0.15) is 5.26 Å². The highest BCUT2D eigenvalue weighted by atomic mass is 16.3. The minimum atomic E-state index is -0.391. The summed E-state index contributed by atoms with van der Waals surface area (Å²) in [5.74, 6) is 0.676. The lowest BCUT2D eigenvalue weighted by molar-refractivity contribution is 0.0397. The van der Waals surface area contributed by atoms with Crippen molar-refractivity contribution in [2.24, 2.45) is 11.3 Å². The molecule has 0 heterocycles. The molecule has 0 aromatic heterocycles. The van der Waals surface area contributed by atoms with Gasteiger partial charge in [0.2, 0.25) is 0 Å². The molecule has 1 unspecified atom stereocenters. The molecule has 0 aliphatic heterocycles. The molecule has 0 saturated heterocycles. The second kappa shape index (κ2) is 5.19. The lowest BCUT2D eigenvalue weighted by atomic mass is 9.75. The van der Waals surface area contributed by atoms with Gasteiger partial charge < -0.3 is 5.11 Å². The number of aliphatic hydroxyl groups excluding tert-OH is 1. The SMILES string of the molecule is N#CC1(C(O)CC2CCCCC2)CCCC1. The van der Waals surface area contributed by atoms with Crippen molar-refractivity contribution >= 4 is 0 Å². The van der Waals surface area contributed by atoms with Gasteiger partial charge in [-0.25, -0.2) is 0 Å². The summed E-state index contributed by atoms with van der Waals surface area (Å²) in [7, 11) is 0. The number of nitrogens with zero attached hydrogens (tertiary/aromatic N) is 1. The molecular weight excluding hydrogens is 198 g/mol. The summed E-state index contributed by atoms with van der Waals surface area (Å²) in [6.45, 7) is 0. The van der Waals surface area contributed by atoms with E-state index in [1.807, 2.05) is 0 Å². The Labute approximate surface area is 98.7 Å². The Hall–Kier alpha value is -0.550. The Kier molecular flexibility index (Phi) is 3.86. The zero-order valence-electron chi connectivity index (χ0n) is 10.1. The molecule has 0 aromatic carbocycles. The lowest BCUT2D eigenvalue weighted by Gasteiger charge is -2.31. The van der Waals surface area contributed by atoms with Crippen LogP contribution in [0.15, 0.2) is 0 Å². The van der Waals surface area contributed by atoms with E-state index in [0.717, 1.165) is 32.1 Å². The molecule has 0 aromatic rings. The van der Waals surface area contributed by atoms with E-state index in [4.69, 9.17) is 0 Å². The molecule has 2 heteroatoms. The Morgan fingerprint density at radius 1 is 1.12 bits per heavy atom. The molecule has 0 radical (unpaired) electrons. The highest BCUT2D eigenvalue weighted by Gasteiger charge is 2.41. The van der Waals surface area contributed by atoms with E-state index in [2.05, 4.69) is 6.07 Å². The molecule has 2 aliphatic rings. The first-order valence-electron chi connectivity index (χ1n) is 6.86. The van der Waals surface area contributed by atoms with Crippen molar-refractivity contribution < 1.29 is 5.11 Å². The molecule has 2 rings (SSSR count). The number of hydrogen-bond acceptors (Lipinski definition) is 2. The lowest BCUT2D eigenvalue weighted by Crippen LogP contribution is -2.33. The van der Waals surface area contributed by atoms with Crippen molar-refractivity contribution in [2.45, 2.75) is 70.3 Å². The fraction of sp³-hybridized carbons (Fsp3) is 0.929. The molecule has 90 valence electrons. The number of nitriles is 1. The molecular formula is C14H23NO. The zero-order valence-corrected chi connectivity index (χ0v) is 10.1. The fourth-order valence-corrected chi connectivity index (χ4v) is 3.49.